The lowest BCUT2D eigenvalue weighted by Gasteiger charge is -2.35. The third-order valence-corrected chi connectivity index (χ3v) is 6.63. The summed E-state index contributed by atoms with van der Waals surface area (Å²) in [6.07, 6.45) is 5.92. The molecule has 26 heavy (non-hydrogen) atoms. The molecule has 1 N–H and O–H groups in total. The van der Waals surface area contributed by atoms with Crippen LogP contribution in [0, 0.1) is 0 Å². The van der Waals surface area contributed by atoms with Gasteiger partial charge in [-0.05, 0) is 78.1 Å². The molecule has 0 aliphatic carbocycles. The molecule has 0 atom stereocenters. The van der Waals surface area contributed by atoms with Gasteiger partial charge in [-0.1, -0.05) is 11.6 Å². The summed E-state index contributed by atoms with van der Waals surface area (Å²) in [5.41, 5.74) is 1.71. The number of hydrogen-bond acceptors (Lipinski definition) is 5. The van der Waals surface area contributed by atoms with Gasteiger partial charge in [0, 0.05) is 34.8 Å². The van der Waals surface area contributed by atoms with Crippen LogP contribution in [0.4, 0.5) is 5.69 Å². The van der Waals surface area contributed by atoms with Gasteiger partial charge in [-0.25, -0.2) is 0 Å². The predicted molar refractivity (Wildman–Crippen MR) is 115 cm³/mol. The molecule has 2 saturated heterocycles. The van der Waals surface area contributed by atoms with E-state index in [1.54, 1.807) is 0 Å². The van der Waals surface area contributed by atoms with Crippen LogP contribution >= 0.6 is 23.4 Å². The maximum Gasteiger partial charge on any atom is 0.151 e. The van der Waals surface area contributed by atoms with Crippen LogP contribution in [-0.4, -0.2) is 69.0 Å². The smallest absolute Gasteiger partial charge is 0.151 e. The van der Waals surface area contributed by atoms with Gasteiger partial charge in [-0.3, -0.25) is 4.79 Å². The molecule has 0 amide bonds. The number of anilines is 1. The Hall–Kier alpha value is -0.750. The van der Waals surface area contributed by atoms with Crippen molar-refractivity contribution in [1.29, 1.82) is 0 Å². The van der Waals surface area contributed by atoms with E-state index in [0.29, 0.717) is 10.6 Å². The molecular formula is C20H32ClN3OS. The Labute approximate surface area is 167 Å². The van der Waals surface area contributed by atoms with Crippen molar-refractivity contribution in [3.05, 3.63) is 28.8 Å². The fraction of sp³-hybridized carbons (Fsp3) is 0.650. The van der Waals surface area contributed by atoms with E-state index in [0.717, 1.165) is 35.6 Å². The van der Waals surface area contributed by atoms with Crippen molar-refractivity contribution in [1.82, 2.24) is 10.2 Å². The number of carbonyl (C=O) groups excluding carboxylic acids is 1. The molecule has 2 fully saturated rings. The molecule has 2 aliphatic heterocycles. The number of rotatable bonds is 4. The van der Waals surface area contributed by atoms with E-state index in [-0.39, 0.29) is 0 Å². The molecule has 0 aromatic heterocycles. The summed E-state index contributed by atoms with van der Waals surface area (Å²) in [7, 11) is 6.00. The van der Waals surface area contributed by atoms with Gasteiger partial charge in [0.1, 0.15) is 0 Å². The van der Waals surface area contributed by atoms with E-state index in [2.05, 4.69) is 22.0 Å². The number of carbonyl (C=O) groups is 1. The summed E-state index contributed by atoms with van der Waals surface area (Å²) < 4.78 is 0. The molecule has 0 bridgehead atoms. The van der Waals surface area contributed by atoms with Crippen LogP contribution in [0.25, 0.3) is 0 Å². The van der Waals surface area contributed by atoms with E-state index in [1.807, 2.05) is 44.2 Å². The minimum atomic E-state index is 0.554. The highest BCUT2D eigenvalue weighted by atomic mass is 35.5. The number of nitrogens with one attached hydrogen (secondary N) is 1. The minimum Gasteiger partial charge on any atom is -0.371 e. The fourth-order valence-electron chi connectivity index (χ4n) is 3.26. The van der Waals surface area contributed by atoms with Crippen LogP contribution in [0.2, 0.25) is 5.02 Å². The number of nitrogens with zero attached hydrogens (tertiary/aromatic N) is 2. The van der Waals surface area contributed by atoms with Crippen LogP contribution in [0.3, 0.4) is 0 Å². The summed E-state index contributed by atoms with van der Waals surface area (Å²) in [5.74, 6) is 0. The molecule has 0 radical (unpaired) electrons. The number of aldehydes is 1. The van der Waals surface area contributed by atoms with Crippen molar-refractivity contribution >= 4 is 35.3 Å². The van der Waals surface area contributed by atoms with E-state index >= 15 is 0 Å². The normalized spacial score (nSPS) is 19.2. The van der Waals surface area contributed by atoms with E-state index in [9.17, 15) is 4.79 Å². The average molecular weight is 398 g/mol. The van der Waals surface area contributed by atoms with Crippen LogP contribution in [0.15, 0.2) is 18.2 Å². The topological polar surface area (TPSA) is 35.6 Å². The lowest BCUT2D eigenvalue weighted by molar-refractivity contribution is 0.112. The van der Waals surface area contributed by atoms with E-state index < -0.39 is 0 Å². The minimum absolute atomic E-state index is 0.554. The summed E-state index contributed by atoms with van der Waals surface area (Å²) in [4.78, 5) is 15.2. The number of benzene rings is 1. The molecule has 1 aromatic carbocycles. The molecule has 2 aliphatic rings. The molecule has 0 spiro atoms. The standard InChI is InChI=1S/C17H23ClN2OS.C3H9N/c18-17-11-14(2-1-13(17)12-21)20-9-5-16(6-10-20)22-15-3-7-19-8-4-15;1-4(2)3/h1-2,11-12,15-16,19H,3-10H2;1-3H3. The second-order valence-electron chi connectivity index (χ2n) is 7.44. The summed E-state index contributed by atoms with van der Waals surface area (Å²) in [6, 6.07) is 5.75. The third-order valence-electron chi connectivity index (χ3n) is 4.59. The predicted octanol–water partition coefficient (Wildman–Crippen LogP) is 3.78. The highest BCUT2D eigenvalue weighted by molar-refractivity contribution is 8.00. The Morgan fingerprint density at radius 1 is 1.12 bits per heavy atom. The van der Waals surface area contributed by atoms with Crippen molar-refractivity contribution in [3.63, 3.8) is 0 Å². The van der Waals surface area contributed by atoms with E-state index in [1.165, 1.54) is 38.8 Å². The monoisotopic (exact) mass is 397 g/mol. The molecule has 146 valence electrons. The van der Waals surface area contributed by atoms with Crippen LogP contribution in [0.1, 0.15) is 36.0 Å². The van der Waals surface area contributed by atoms with Crippen molar-refractivity contribution in [2.75, 3.05) is 52.2 Å². The zero-order valence-electron chi connectivity index (χ0n) is 16.2. The van der Waals surface area contributed by atoms with Crippen molar-refractivity contribution < 1.29 is 4.79 Å². The van der Waals surface area contributed by atoms with Gasteiger partial charge in [0.25, 0.3) is 0 Å². The van der Waals surface area contributed by atoms with Crippen molar-refractivity contribution in [3.8, 4) is 0 Å². The van der Waals surface area contributed by atoms with Crippen LogP contribution < -0.4 is 10.2 Å². The summed E-state index contributed by atoms with van der Waals surface area (Å²) in [6.45, 7) is 4.52. The SMILES string of the molecule is CN(C)C.O=Cc1ccc(N2CCC(SC3CCNCC3)CC2)cc1Cl. The van der Waals surface area contributed by atoms with Gasteiger partial charge in [0.15, 0.2) is 6.29 Å². The van der Waals surface area contributed by atoms with Gasteiger partial charge in [0.05, 0.1) is 5.02 Å². The molecule has 6 heteroatoms. The third kappa shape index (κ3) is 7.10. The first-order chi connectivity index (χ1) is 12.5. The van der Waals surface area contributed by atoms with Crippen LogP contribution in [-0.2, 0) is 0 Å². The number of piperidine rings is 2. The number of hydrogen-bond donors (Lipinski definition) is 1. The molecule has 0 saturated carbocycles. The largest absolute Gasteiger partial charge is 0.371 e. The Morgan fingerprint density at radius 3 is 2.23 bits per heavy atom. The van der Waals surface area contributed by atoms with Gasteiger partial charge < -0.3 is 15.1 Å². The van der Waals surface area contributed by atoms with Gasteiger partial charge in [0.2, 0.25) is 0 Å². The second-order valence-corrected chi connectivity index (χ2v) is 9.45. The molecule has 4 nitrogen and oxygen atoms in total. The lowest BCUT2D eigenvalue weighted by atomic mass is 10.1. The van der Waals surface area contributed by atoms with Crippen molar-refractivity contribution in [2.45, 2.75) is 36.2 Å². The fourth-order valence-corrected chi connectivity index (χ4v) is 5.02. The Kier molecular flexibility index (Phi) is 9.26. The highest BCUT2D eigenvalue weighted by Gasteiger charge is 2.24. The second kappa shape index (κ2) is 11.2. The highest BCUT2D eigenvalue weighted by Crippen LogP contribution is 2.33. The Balaban J connectivity index is 0.000000552. The van der Waals surface area contributed by atoms with Gasteiger partial charge >= 0.3 is 0 Å². The molecular weight excluding hydrogens is 366 g/mol. The first-order valence-corrected chi connectivity index (χ1v) is 10.8. The van der Waals surface area contributed by atoms with Crippen LogP contribution in [0.5, 0.6) is 0 Å². The number of thioether (sulfide) groups is 1. The van der Waals surface area contributed by atoms with E-state index in [4.69, 9.17) is 11.6 Å². The molecule has 1 aromatic rings. The number of halogens is 1. The summed E-state index contributed by atoms with van der Waals surface area (Å²) >= 11 is 8.35. The molecule has 2 heterocycles. The van der Waals surface area contributed by atoms with Crippen molar-refractivity contribution in [2.24, 2.45) is 0 Å². The first kappa shape index (κ1) is 21.5. The zero-order chi connectivity index (χ0) is 18.9. The first-order valence-electron chi connectivity index (χ1n) is 9.46. The Morgan fingerprint density at radius 2 is 1.69 bits per heavy atom. The quantitative estimate of drug-likeness (QED) is 0.782. The van der Waals surface area contributed by atoms with Gasteiger partial charge in [-0.2, -0.15) is 11.8 Å². The molecule has 3 rings (SSSR count). The summed E-state index contributed by atoms with van der Waals surface area (Å²) in [5, 5.41) is 5.63. The van der Waals surface area contributed by atoms with Gasteiger partial charge in [-0.15, -0.1) is 0 Å². The molecule has 0 unspecified atom stereocenters. The lowest BCUT2D eigenvalue weighted by Crippen LogP contribution is -2.36. The zero-order valence-corrected chi connectivity index (χ0v) is 17.8. The maximum atomic E-state index is 10.8. The average Bonchev–Trinajstić information content (AvgIpc) is 2.63. The maximum absolute atomic E-state index is 10.8. The Bertz CT molecular complexity index is 553.